The molecule has 2 aromatic rings. The van der Waals surface area contributed by atoms with E-state index in [-0.39, 0.29) is 11.5 Å². The van der Waals surface area contributed by atoms with E-state index in [0.717, 1.165) is 5.56 Å². The van der Waals surface area contributed by atoms with Gasteiger partial charge in [0, 0.05) is 5.69 Å². The van der Waals surface area contributed by atoms with Gasteiger partial charge < -0.3 is 10.1 Å². The normalized spacial score (nSPS) is 11.0. The molecule has 0 aliphatic heterocycles. The van der Waals surface area contributed by atoms with E-state index in [1.807, 2.05) is 6.07 Å². The first-order valence-corrected chi connectivity index (χ1v) is 8.02. The molecule has 0 radical (unpaired) electrons. The molecule has 7 heteroatoms. The third-order valence-electron chi connectivity index (χ3n) is 2.92. The van der Waals surface area contributed by atoms with E-state index in [1.54, 1.807) is 37.3 Å². The summed E-state index contributed by atoms with van der Waals surface area (Å²) < 4.78 is 28.0. The van der Waals surface area contributed by atoms with Crippen LogP contribution in [0.5, 0.6) is 5.75 Å². The second-order valence-corrected chi connectivity index (χ2v) is 6.23. The van der Waals surface area contributed by atoms with Crippen molar-refractivity contribution in [3.63, 3.8) is 0 Å². The SMILES string of the molecule is Cc1ccc(S(N)(=O)=O)cc1NC(=O)COc1ccccc1. The van der Waals surface area contributed by atoms with Gasteiger partial charge in [-0.3, -0.25) is 4.79 Å². The number of carbonyl (C=O) groups is 1. The second-order valence-electron chi connectivity index (χ2n) is 4.67. The Kier molecular flexibility index (Phi) is 4.79. The third-order valence-corrected chi connectivity index (χ3v) is 3.84. The van der Waals surface area contributed by atoms with Gasteiger partial charge >= 0.3 is 0 Å². The Morgan fingerprint density at radius 2 is 1.86 bits per heavy atom. The molecular formula is C15H16N2O4S. The van der Waals surface area contributed by atoms with Gasteiger partial charge in [0.15, 0.2) is 6.61 Å². The summed E-state index contributed by atoms with van der Waals surface area (Å²) in [7, 11) is -3.82. The molecule has 0 unspecified atom stereocenters. The number of carbonyl (C=O) groups excluding carboxylic acids is 1. The fourth-order valence-electron chi connectivity index (χ4n) is 1.76. The van der Waals surface area contributed by atoms with Gasteiger partial charge in [-0.2, -0.15) is 0 Å². The lowest BCUT2D eigenvalue weighted by Gasteiger charge is -2.11. The summed E-state index contributed by atoms with van der Waals surface area (Å²) in [6, 6.07) is 13.2. The van der Waals surface area contributed by atoms with Gasteiger partial charge in [0.2, 0.25) is 10.0 Å². The summed E-state index contributed by atoms with van der Waals surface area (Å²) in [6.07, 6.45) is 0. The Morgan fingerprint density at radius 1 is 1.18 bits per heavy atom. The van der Waals surface area contributed by atoms with Gasteiger partial charge in [0.1, 0.15) is 5.75 Å². The lowest BCUT2D eigenvalue weighted by molar-refractivity contribution is -0.118. The molecule has 0 aliphatic rings. The molecule has 0 saturated heterocycles. The molecule has 3 N–H and O–H groups in total. The highest BCUT2D eigenvalue weighted by molar-refractivity contribution is 7.89. The maximum absolute atomic E-state index is 11.9. The molecule has 1 amide bonds. The molecule has 0 spiro atoms. The fraction of sp³-hybridized carbons (Fsp3) is 0.133. The molecule has 0 saturated carbocycles. The lowest BCUT2D eigenvalue weighted by Crippen LogP contribution is -2.21. The van der Waals surface area contributed by atoms with Crippen LogP contribution in [-0.2, 0) is 14.8 Å². The van der Waals surface area contributed by atoms with Gasteiger partial charge in [0.05, 0.1) is 4.90 Å². The summed E-state index contributed by atoms with van der Waals surface area (Å²) in [5.74, 6) is 0.186. The van der Waals surface area contributed by atoms with Crippen LogP contribution in [0.15, 0.2) is 53.4 Å². The van der Waals surface area contributed by atoms with Crippen molar-refractivity contribution in [2.24, 2.45) is 5.14 Å². The second kappa shape index (κ2) is 6.59. The molecule has 0 fully saturated rings. The number of nitrogens with two attached hydrogens (primary N) is 1. The quantitative estimate of drug-likeness (QED) is 0.875. The smallest absolute Gasteiger partial charge is 0.262 e. The van der Waals surface area contributed by atoms with E-state index in [0.29, 0.717) is 11.4 Å². The van der Waals surface area contributed by atoms with Gasteiger partial charge in [-0.25, -0.2) is 13.6 Å². The molecule has 0 bridgehead atoms. The number of aryl methyl sites for hydroxylation is 1. The molecular weight excluding hydrogens is 304 g/mol. The van der Waals surface area contributed by atoms with Crippen LogP contribution in [0.1, 0.15) is 5.56 Å². The van der Waals surface area contributed by atoms with E-state index >= 15 is 0 Å². The predicted molar refractivity (Wildman–Crippen MR) is 83.1 cm³/mol. The number of amides is 1. The Morgan fingerprint density at radius 3 is 2.50 bits per heavy atom. The number of primary sulfonamides is 1. The zero-order valence-electron chi connectivity index (χ0n) is 11.9. The third kappa shape index (κ3) is 4.31. The van der Waals surface area contributed by atoms with Crippen LogP contribution in [0.2, 0.25) is 0 Å². The number of para-hydroxylation sites is 1. The molecule has 22 heavy (non-hydrogen) atoms. The van der Waals surface area contributed by atoms with Gasteiger partial charge in [-0.1, -0.05) is 24.3 Å². The van der Waals surface area contributed by atoms with Crippen LogP contribution >= 0.6 is 0 Å². The number of benzene rings is 2. The van der Waals surface area contributed by atoms with E-state index < -0.39 is 15.9 Å². The van der Waals surface area contributed by atoms with Crippen LogP contribution in [0.3, 0.4) is 0 Å². The average Bonchev–Trinajstić information content (AvgIpc) is 2.47. The lowest BCUT2D eigenvalue weighted by atomic mass is 10.2. The van der Waals surface area contributed by atoms with Crippen molar-refractivity contribution in [2.45, 2.75) is 11.8 Å². The predicted octanol–water partition coefficient (Wildman–Crippen LogP) is 1.66. The molecule has 2 aromatic carbocycles. The van der Waals surface area contributed by atoms with E-state index in [4.69, 9.17) is 9.88 Å². The van der Waals surface area contributed by atoms with Crippen molar-refractivity contribution in [1.82, 2.24) is 0 Å². The summed E-state index contributed by atoms with van der Waals surface area (Å²) >= 11 is 0. The number of sulfonamides is 1. The average molecular weight is 320 g/mol. The first kappa shape index (κ1) is 16.0. The molecule has 0 atom stereocenters. The minimum atomic E-state index is -3.82. The standard InChI is InChI=1S/C15H16N2O4S/c1-11-7-8-13(22(16,19)20)9-14(11)17-15(18)10-21-12-5-3-2-4-6-12/h2-9H,10H2,1H3,(H,17,18)(H2,16,19,20). The maximum Gasteiger partial charge on any atom is 0.262 e. The maximum atomic E-state index is 11.9. The van der Waals surface area contributed by atoms with Gasteiger partial charge in [0.25, 0.3) is 5.91 Å². The first-order chi connectivity index (χ1) is 10.4. The molecule has 0 aromatic heterocycles. The fourth-order valence-corrected chi connectivity index (χ4v) is 2.30. The minimum absolute atomic E-state index is 0.0580. The molecule has 2 rings (SSSR count). The van der Waals surface area contributed by atoms with Crippen molar-refractivity contribution < 1.29 is 17.9 Å². The first-order valence-electron chi connectivity index (χ1n) is 6.47. The van der Waals surface area contributed by atoms with Crippen LogP contribution in [0.4, 0.5) is 5.69 Å². The summed E-state index contributed by atoms with van der Waals surface area (Å²) in [5, 5.41) is 7.69. The van der Waals surface area contributed by atoms with Gasteiger partial charge in [-0.15, -0.1) is 0 Å². The number of nitrogens with one attached hydrogen (secondary N) is 1. The van der Waals surface area contributed by atoms with Crippen molar-refractivity contribution in [1.29, 1.82) is 0 Å². The summed E-state index contributed by atoms with van der Waals surface area (Å²) in [5.41, 5.74) is 1.11. The number of rotatable bonds is 5. The Bertz CT molecular complexity index is 773. The Balaban J connectivity index is 2.05. The highest BCUT2D eigenvalue weighted by Crippen LogP contribution is 2.19. The number of ether oxygens (including phenoxy) is 1. The molecule has 0 aliphatic carbocycles. The zero-order chi connectivity index (χ0) is 16.2. The number of anilines is 1. The highest BCUT2D eigenvalue weighted by Gasteiger charge is 2.12. The van der Waals surface area contributed by atoms with Gasteiger partial charge in [-0.05, 0) is 36.8 Å². The van der Waals surface area contributed by atoms with Crippen molar-refractivity contribution in [3.8, 4) is 5.75 Å². The van der Waals surface area contributed by atoms with E-state index in [1.165, 1.54) is 12.1 Å². The van der Waals surface area contributed by atoms with Crippen LogP contribution in [0, 0.1) is 6.92 Å². The van der Waals surface area contributed by atoms with Crippen LogP contribution in [-0.4, -0.2) is 20.9 Å². The van der Waals surface area contributed by atoms with Crippen molar-refractivity contribution >= 4 is 21.6 Å². The Hall–Kier alpha value is -2.38. The largest absolute Gasteiger partial charge is 0.484 e. The zero-order valence-corrected chi connectivity index (χ0v) is 12.8. The number of hydrogen-bond donors (Lipinski definition) is 2. The minimum Gasteiger partial charge on any atom is -0.484 e. The van der Waals surface area contributed by atoms with Crippen LogP contribution < -0.4 is 15.2 Å². The summed E-state index contributed by atoms with van der Waals surface area (Å²) in [4.78, 5) is 11.8. The monoisotopic (exact) mass is 320 g/mol. The molecule has 116 valence electrons. The Labute approximate surface area is 129 Å². The topological polar surface area (TPSA) is 98.5 Å². The molecule has 0 heterocycles. The highest BCUT2D eigenvalue weighted by atomic mass is 32.2. The van der Waals surface area contributed by atoms with Crippen LogP contribution in [0.25, 0.3) is 0 Å². The van der Waals surface area contributed by atoms with Crippen molar-refractivity contribution in [2.75, 3.05) is 11.9 Å². The van der Waals surface area contributed by atoms with E-state index in [9.17, 15) is 13.2 Å². The summed E-state index contributed by atoms with van der Waals surface area (Å²) in [6.45, 7) is 1.57. The number of hydrogen-bond acceptors (Lipinski definition) is 4. The van der Waals surface area contributed by atoms with Crippen molar-refractivity contribution in [3.05, 3.63) is 54.1 Å². The van der Waals surface area contributed by atoms with E-state index in [2.05, 4.69) is 5.32 Å². The molecule has 6 nitrogen and oxygen atoms in total.